The van der Waals surface area contributed by atoms with E-state index in [2.05, 4.69) is 26.5 Å². The first-order valence-electron chi connectivity index (χ1n) is 7.87. The van der Waals surface area contributed by atoms with Crippen LogP contribution in [0, 0.1) is 18.6 Å². The first-order chi connectivity index (χ1) is 10.2. The number of phenolic OH excluding ortho intramolecular Hbond substituents is 1. The van der Waals surface area contributed by atoms with E-state index >= 15 is 0 Å². The van der Waals surface area contributed by atoms with Crippen molar-refractivity contribution in [2.75, 3.05) is 0 Å². The molecule has 4 heteroatoms. The number of benzene rings is 1. The molecule has 1 aromatic rings. The summed E-state index contributed by atoms with van der Waals surface area (Å²) in [6.45, 7) is 13.2. The predicted molar refractivity (Wildman–Crippen MR) is 89.7 cm³/mol. The summed E-state index contributed by atoms with van der Waals surface area (Å²) in [7, 11) is 0. The van der Waals surface area contributed by atoms with Gasteiger partial charge in [0.1, 0.15) is 0 Å². The van der Waals surface area contributed by atoms with E-state index in [1.807, 2.05) is 13.0 Å². The Labute approximate surface area is 183 Å². The maximum atomic E-state index is 10.4. The summed E-state index contributed by atoms with van der Waals surface area (Å²) < 4.78 is 5.52. The van der Waals surface area contributed by atoms with Crippen LogP contribution in [0.3, 0.4) is 0 Å². The monoisotopic (exact) mass is 343 g/mol. The number of aromatic hydroxyl groups is 1. The Bertz CT molecular complexity index is 497. The number of rotatable bonds is 9. The molecule has 0 radical (unpaired) electrons. The summed E-state index contributed by atoms with van der Waals surface area (Å²) in [6, 6.07) is 6.26. The third kappa shape index (κ3) is 9.27. The van der Waals surface area contributed by atoms with E-state index in [1.54, 1.807) is 13.0 Å². The van der Waals surface area contributed by atoms with Crippen molar-refractivity contribution in [3.8, 4) is 11.5 Å². The molecule has 124 valence electrons. The van der Waals surface area contributed by atoms with Crippen molar-refractivity contribution >= 4 is 0 Å². The molecular formula is C19H28KO3-. The van der Waals surface area contributed by atoms with Crippen molar-refractivity contribution < 1.29 is 66.3 Å². The minimum Gasteiger partial charge on any atom is -0.677 e. The van der Waals surface area contributed by atoms with Gasteiger partial charge in [0.15, 0.2) is 0 Å². The topological polar surface area (TPSA) is 49.7 Å². The van der Waals surface area contributed by atoms with Crippen molar-refractivity contribution in [2.45, 2.75) is 59.0 Å². The standard InChI is InChI=1S/C19H28O3.K/c1-6-7-16-10-17(20)12-18(11-16)22-13-19(5,21)9-8-15(4)14(2)3;/h10-11,13,15,20-21H,2,6-9H2,1,3-5H3;/q-2;+1/t15-,19-;/m0./s1. The van der Waals surface area contributed by atoms with Crippen LogP contribution in [-0.4, -0.2) is 15.8 Å². The third-order valence-electron chi connectivity index (χ3n) is 3.79. The second-order valence-electron chi connectivity index (χ2n) is 6.37. The molecule has 3 nitrogen and oxygen atoms in total. The number of aryl methyl sites for hydroxylation is 1. The van der Waals surface area contributed by atoms with E-state index in [4.69, 9.17) is 4.74 Å². The maximum Gasteiger partial charge on any atom is 1.00 e. The largest absolute Gasteiger partial charge is 1.00 e. The smallest absolute Gasteiger partial charge is 0.677 e. The van der Waals surface area contributed by atoms with Crippen molar-refractivity contribution in [1.82, 2.24) is 0 Å². The summed E-state index contributed by atoms with van der Waals surface area (Å²) in [6.07, 6.45) is 3.28. The number of ether oxygens (including phenoxy) is 1. The quantitative estimate of drug-likeness (QED) is 0.405. The van der Waals surface area contributed by atoms with E-state index in [9.17, 15) is 10.2 Å². The van der Waals surface area contributed by atoms with Crippen LogP contribution in [0.15, 0.2) is 24.3 Å². The van der Waals surface area contributed by atoms with Gasteiger partial charge in [0.25, 0.3) is 0 Å². The molecule has 0 aliphatic heterocycles. The molecule has 0 aliphatic carbocycles. The second-order valence-corrected chi connectivity index (χ2v) is 6.37. The molecule has 0 unspecified atom stereocenters. The molecule has 0 heterocycles. The fourth-order valence-electron chi connectivity index (χ4n) is 2.09. The van der Waals surface area contributed by atoms with Crippen molar-refractivity contribution in [1.29, 1.82) is 0 Å². The van der Waals surface area contributed by atoms with Crippen LogP contribution >= 0.6 is 0 Å². The molecule has 2 atom stereocenters. The van der Waals surface area contributed by atoms with Crippen LogP contribution in [0.2, 0.25) is 0 Å². The zero-order valence-electron chi connectivity index (χ0n) is 15.1. The van der Waals surface area contributed by atoms with Crippen LogP contribution < -0.4 is 56.1 Å². The van der Waals surface area contributed by atoms with Crippen molar-refractivity contribution in [3.05, 3.63) is 42.5 Å². The molecule has 0 aliphatic rings. The fraction of sp³-hybridized carbons (Fsp3) is 0.526. The van der Waals surface area contributed by atoms with Gasteiger partial charge in [-0.1, -0.05) is 51.8 Å². The fourth-order valence-corrected chi connectivity index (χ4v) is 2.09. The van der Waals surface area contributed by atoms with E-state index < -0.39 is 5.60 Å². The minimum atomic E-state index is -1.03. The van der Waals surface area contributed by atoms with Gasteiger partial charge in [0.2, 0.25) is 0 Å². The van der Waals surface area contributed by atoms with Crippen LogP contribution in [0.25, 0.3) is 0 Å². The Morgan fingerprint density at radius 3 is 2.70 bits per heavy atom. The van der Waals surface area contributed by atoms with E-state index in [-0.39, 0.29) is 57.1 Å². The molecule has 0 saturated carbocycles. The maximum absolute atomic E-state index is 10.4. The summed E-state index contributed by atoms with van der Waals surface area (Å²) >= 11 is 0. The van der Waals surface area contributed by atoms with Gasteiger partial charge in [-0.15, -0.1) is 18.7 Å². The van der Waals surface area contributed by atoms with Gasteiger partial charge in [-0.25, -0.2) is 0 Å². The van der Waals surface area contributed by atoms with Gasteiger partial charge in [-0.05, 0) is 37.0 Å². The molecule has 1 aromatic carbocycles. The molecule has 1 rings (SSSR count). The second kappa shape index (κ2) is 10.9. The molecule has 0 bridgehead atoms. The zero-order chi connectivity index (χ0) is 16.8. The Morgan fingerprint density at radius 1 is 1.48 bits per heavy atom. The zero-order valence-corrected chi connectivity index (χ0v) is 18.3. The van der Waals surface area contributed by atoms with Crippen molar-refractivity contribution in [3.63, 3.8) is 0 Å². The van der Waals surface area contributed by atoms with Crippen LogP contribution in [0.5, 0.6) is 11.5 Å². The molecule has 23 heavy (non-hydrogen) atoms. The average Bonchev–Trinajstić information content (AvgIpc) is 2.42. The summed E-state index contributed by atoms with van der Waals surface area (Å²) in [5, 5.41) is 20.0. The molecule has 0 aromatic heterocycles. The molecule has 0 amide bonds. The van der Waals surface area contributed by atoms with Gasteiger partial charge in [0, 0.05) is 5.75 Å². The summed E-state index contributed by atoms with van der Waals surface area (Å²) in [5.74, 6) is 0.852. The Balaban J connectivity index is 0.00000484. The molecule has 0 spiro atoms. The van der Waals surface area contributed by atoms with Crippen LogP contribution in [0.1, 0.15) is 52.5 Å². The molecule has 0 saturated heterocycles. The normalized spacial score (nSPS) is 14.5. The number of phenols is 1. The Kier molecular flexibility index (Phi) is 11.0. The number of allylic oxidation sites excluding steroid dienone is 1. The van der Waals surface area contributed by atoms with E-state index in [1.165, 1.54) is 6.61 Å². The van der Waals surface area contributed by atoms with Gasteiger partial charge in [0.05, 0.1) is 0 Å². The third-order valence-corrected chi connectivity index (χ3v) is 3.79. The Hall–Kier alpha value is 0.156. The van der Waals surface area contributed by atoms with Gasteiger partial charge in [-0.2, -0.15) is 5.56 Å². The van der Waals surface area contributed by atoms with Gasteiger partial charge >= 0.3 is 51.4 Å². The van der Waals surface area contributed by atoms with Gasteiger partial charge in [-0.3, -0.25) is 0 Å². The summed E-state index contributed by atoms with van der Waals surface area (Å²) in [5.41, 5.74) is 1.08. The van der Waals surface area contributed by atoms with Crippen molar-refractivity contribution in [2.24, 2.45) is 5.92 Å². The summed E-state index contributed by atoms with van der Waals surface area (Å²) in [4.78, 5) is 0. The SMILES string of the molecule is C=C(C)[C@@H](C)CC[C@](C)(O)[CH-]Oc1[c-]c(O)cc(CCC)c1.[K+]. The van der Waals surface area contributed by atoms with Crippen LogP contribution in [0.4, 0.5) is 0 Å². The predicted octanol–water partition coefficient (Wildman–Crippen LogP) is 1.43. The number of hydrogen-bond acceptors (Lipinski definition) is 3. The number of hydrogen-bond donors (Lipinski definition) is 2. The van der Waals surface area contributed by atoms with Gasteiger partial charge < -0.3 is 14.9 Å². The van der Waals surface area contributed by atoms with Crippen LogP contribution in [-0.2, 0) is 6.42 Å². The first kappa shape index (κ1) is 23.2. The first-order valence-corrected chi connectivity index (χ1v) is 7.87. The van der Waals surface area contributed by atoms with E-state index in [0.717, 1.165) is 30.4 Å². The Morgan fingerprint density at radius 2 is 2.13 bits per heavy atom. The minimum absolute atomic E-state index is 0. The molecule has 0 fully saturated rings. The number of aliphatic hydroxyl groups is 1. The molecular weight excluding hydrogens is 315 g/mol. The molecule has 2 N–H and O–H groups in total. The average molecular weight is 344 g/mol. The van der Waals surface area contributed by atoms with E-state index in [0.29, 0.717) is 18.1 Å².